The van der Waals surface area contributed by atoms with Gasteiger partial charge in [-0.1, -0.05) is 12.1 Å². The second-order valence-electron chi connectivity index (χ2n) is 5.19. The van der Waals surface area contributed by atoms with Crippen LogP contribution in [-0.4, -0.2) is 25.1 Å². The Kier molecular flexibility index (Phi) is 6.41. The molecule has 0 unspecified atom stereocenters. The number of carbonyl (C=O) groups excluding carboxylic acids is 1. The average Bonchev–Trinajstić information content (AvgIpc) is 2.60. The first kappa shape index (κ1) is 16.8. The van der Waals surface area contributed by atoms with E-state index in [2.05, 4.69) is 22.4 Å². The van der Waals surface area contributed by atoms with E-state index in [1.165, 1.54) is 5.56 Å². The number of aryl methyl sites for hydroxylation is 1. The van der Waals surface area contributed by atoms with Crippen molar-refractivity contribution in [3.63, 3.8) is 0 Å². The van der Waals surface area contributed by atoms with Crippen LogP contribution in [0.5, 0.6) is 11.6 Å². The number of nitrogens with one attached hydrogen (secondary N) is 1. The standard InChI is InChI=1S/C18H22N2O3/c1-22-16-10-7-14(8-11-16)5-3-4-6-17(21)20-15-9-12-18(23-2)19-13-15/h7-13H,3-6H2,1-2H3,(H,20,21). The van der Waals surface area contributed by atoms with Crippen molar-refractivity contribution in [2.75, 3.05) is 19.5 Å². The first-order chi connectivity index (χ1) is 11.2. The minimum absolute atomic E-state index is 0.00620. The van der Waals surface area contributed by atoms with E-state index in [1.54, 1.807) is 32.5 Å². The molecule has 0 spiro atoms. The number of unbranched alkanes of at least 4 members (excludes halogenated alkanes) is 1. The van der Waals surface area contributed by atoms with Crippen molar-refractivity contribution < 1.29 is 14.3 Å². The van der Waals surface area contributed by atoms with Crippen LogP contribution in [0.4, 0.5) is 5.69 Å². The summed E-state index contributed by atoms with van der Waals surface area (Å²) in [6, 6.07) is 11.5. The van der Waals surface area contributed by atoms with Gasteiger partial charge in [0.05, 0.1) is 26.1 Å². The van der Waals surface area contributed by atoms with Gasteiger partial charge in [0.1, 0.15) is 5.75 Å². The summed E-state index contributed by atoms with van der Waals surface area (Å²) in [4.78, 5) is 15.9. The molecule has 0 saturated carbocycles. The van der Waals surface area contributed by atoms with Crippen LogP contribution in [-0.2, 0) is 11.2 Å². The minimum Gasteiger partial charge on any atom is -0.497 e. The zero-order valence-electron chi connectivity index (χ0n) is 13.5. The lowest BCUT2D eigenvalue weighted by atomic mass is 10.1. The van der Waals surface area contributed by atoms with Crippen LogP contribution >= 0.6 is 0 Å². The fraction of sp³-hybridized carbons (Fsp3) is 0.333. The van der Waals surface area contributed by atoms with Crippen LogP contribution in [0.1, 0.15) is 24.8 Å². The molecule has 5 nitrogen and oxygen atoms in total. The second-order valence-corrected chi connectivity index (χ2v) is 5.19. The average molecular weight is 314 g/mol. The van der Waals surface area contributed by atoms with Crippen molar-refractivity contribution >= 4 is 11.6 Å². The quantitative estimate of drug-likeness (QED) is 0.758. The molecule has 2 aromatic rings. The molecule has 1 amide bonds. The van der Waals surface area contributed by atoms with E-state index >= 15 is 0 Å². The van der Waals surface area contributed by atoms with Crippen molar-refractivity contribution in [2.45, 2.75) is 25.7 Å². The minimum atomic E-state index is 0.00620. The van der Waals surface area contributed by atoms with Crippen molar-refractivity contribution in [1.82, 2.24) is 4.98 Å². The lowest BCUT2D eigenvalue weighted by Gasteiger charge is -2.06. The third-order valence-corrected chi connectivity index (χ3v) is 3.51. The summed E-state index contributed by atoms with van der Waals surface area (Å²) >= 11 is 0. The zero-order valence-corrected chi connectivity index (χ0v) is 13.5. The van der Waals surface area contributed by atoms with Gasteiger partial charge in [-0.25, -0.2) is 4.98 Å². The van der Waals surface area contributed by atoms with Crippen LogP contribution < -0.4 is 14.8 Å². The highest BCUT2D eigenvalue weighted by atomic mass is 16.5. The van der Waals surface area contributed by atoms with Crippen LogP contribution in [0.25, 0.3) is 0 Å². The number of hydrogen-bond acceptors (Lipinski definition) is 4. The smallest absolute Gasteiger partial charge is 0.224 e. The van der Waals surface area contributed by atoms with Crippen molar-refractivity contribution in [3.05, 3.63) is 48.2 Å². The number of amides is 1. The van der Waals surface area contributed by atoms with Crippen LogP contribution in [0.15, 0.2) is 42.6 Å². The number of nitrogens with zero attached hydrogens (tertiary/aromatic N) is 1. The van der Waals surface area contributed by atoms with Gasteiger partial charge >= 0.3 is 0 Å². The number of aromatic nitrogens is 1. The number of anilines is 1. The number of hydrogen-bond donors (Lipinski definition) is 1. The molecule has 0 radical (unpaired) electrons. The fourth-order valence-electron chi connectivity index (χ4n) is 2.21. The van der Waals surface area contributed by atoms with Gasteiger partial charge in [-0.3, -0.25) is 4.79 Å². The summed E-state index contributed by atoms with van der Waals surface area (Å²) in [7, 11) is 3.22. The Balaban J connectivity index is 1.67. The first-order valence-corrected chi connectivity index (χ1v) is 7.64. The Hall–Kier alpha value is -2.56. The monoisotopic (exact) mass is 314 g/mol. The molecule has 0 aliphatic rings. The largest absolute Gasteiger partial charge is 0.497 e. The maximum absolute atomic E-state index is 11.9. The maximum atomic E-state index is 11.9. The van der Waals surface area contributed by atoms with E-state index in [4.69, 9.17) is 9.47 Å². The van der Waals surface area contributed by atoms with Crippen LogP contribution in [0.2, 0.25) is 0 Å². The highest BCUT2D eigenvalue weighted by Gasteiger charge is 2.03. The molecule has 0 aliphatic heterocycles. The highest BCUT2D eigenvalue weighted by Crippen LogP contribution is 2.14. The zero-order chi connectivity index (χ0) is 16.5. The van der Waals surface area contributed by atoms with Crippen molar-refractivity contribution in [1.29, 1.82) is 0 Å². The summed E-state index contributed by atoms with van der Waals surface area (Å²) in [6.07, 6.45) is 4.87. The number of rotatable bonds is 8. The molecular formula is C18H22N2O3. The van der Waals surface area contributed by atoms with Gasteiger partial charge in [0.25, 0.3) is 0 Å². The Bertz CT molecular complexity index is 609. The normalized spacial score (nSPS) is 10.2. The molecular weight excluding hydrogens is 292 g/mol. The van der Waals surface area contributed by atoms with Gasteiger partial charge in [0, 0.05) is 12.5 Å². The van der Waals surface area contributed by atoms with E-state index in [1.807, 2.05) is 12.1 Å². The first-order valence-electron chi connectivity index (χ1n) is 7.64. The molecule has 0 bridgehead atoms. The lowest BCUT2D eigenvalue weighted by Crippen LogP contribution is -2.11. The predicted molar refractivity (Wildman–Crippen MR) is 90.0 cm³/mol. The molecule has 1 aromatic heterocycles. The maximum Gasteiger partial charge on any atom is 0.224 e. The molecule has 0 atom stereocenters. The molecule has 122 valence electrons. The van der Waals surface area contributed by atoms with Gasteiger partial charge in [0.2, 0.25) is 11.8 Å². The number of benzene rings is 1. The molecule has 2 rings (SSSR count). The third kappa shape index (κ3) is 5.62. The SMILES string of the molecule is COc1ccc(CCCCC(=O)Nc2ccc(OC)nc2)cc1. The topological polar surface area (TPSA) is 60.5 Å². The van der Waals surface area contributed by atoms with E-state index in [0.29, 0.717) is 18.0 Å². The molecule has 1 aromatic carbocycles. The Labute approximate surface area is 136 Å². The molecule has 5 heteroatoms. The summed E-state index contributed by atoms with van der Waals surface area (Å²) in [5, 5.41) is 2.83. The number of carbonyl (C=O) groups is 1. The summed E-state index contributed by atoms with van der Waals surface area (Å²) in [6.45, 7) is 0. The Morgan fingerprint density at radius 3 is 2.43 bits per heavy atom. The summed E-state index contributed by atoms with van der Waals surface area (Å²) in [5.74, 6) is 1.40. The fourth-order valence-corrected chi connectivity index (χ4v) is 2.21. The highest BCUT2D eigenvalue weighted by molar-refractivity contribution is 5.90. The van der Waals surface area contributed by atoms with Gasteiger partial charge in [-0.05, 0) is 43.0 Å². The predicted octanol–water partition coefficient (Wildman–Crippen LogP) is 3.45. The summed E-state index contributed by atoms with van der Waals surface area (Å²) in [5.41, 5.74) is 1.94. The molecule has 1 heterocycles. The van der Waals surface area contributed by atoms with Crippen molar-refractivity contribution in [2.24, 2.45) is 0 Å². The van der Waals surface area contributed by atoms with E-state index in [9.17, 15) is 4.79 Å². The molecule has 23 heavy (non-hydrogen) atoms. The third-order valence-electron chi connectivity index (χ3n) is 3.51. The lowest BCUT2D eigenvalue weighted by molar-refractivity contribution is -0.116. The molecule has 1 N–H and O–H groups in total. The molecule has 0 saturated heterocycles. The number of methoxy groups -OCH3 is 2. The van der Waals surface area contributed by atoms with Gasteiger partial charge in [-0.15, -0.1) is 0 Å². The van der Waals surface area contributed by atoms with Gasteiger partial charge < -0.3 is 14.8 Å². The van der Waals surface area contributed by atoms with E-state index in [0.717, 1.165) is 25.0 Å². The van der Waals surface area contributed by atoms with E-state index < -0.39 is 0 Å². The molecule has 0 fully saturated rings. The van der Waals surface area contributed by atoms with Crippen molar-refractivity contribution in [3.8, 4) is 11.6 Å². The molecule has 0 aliphatic carbocycles. The summed E-state index contributed by atoms with van der Waals surface area (Å²) < 4.78 is 10.1. The second kappa shape index (κ2) is 8.78. The Morgan fingerprint density at radius 1 is 1.04 bits per heavy atom. The van der Waals surface area contributed by atoms with Gasteiger partial charge in [-0.2, -0.15) is 0 Å². The van der Waals surface area contributed by atoms with Gasteiger partial charge in [0.15, 0.2) is 0 Å². The van der Waals surface area contributed by atoms with Crippen LogP contribution in [0.3, 0.4) is 0 Å². The Morgan fingerprint density at radius 2 is 1.83 bits per heavy atom. The van der Waals surface area contributed by atoms with E-state index in [-0.39, 0.29) is 5.91 Å². The number of ether oxygens (including phenoxy) is 2. The number of pyridine rings is 1. The van der Waals surface area contributed by atoms with Crippen LogP contribution in [0, 0.1) is 0 Å².